The van der Waals surface area contributed by atoms with Crippen molar-refractivity contribution < 1.29 is 0 Å². The molecule has 132 valence electrons. The Bertz CT molecular complexity index is 473. The predicted molar refractivity (Wildman–Crippen MR) is 106 cm³/mol. The van der Waals surface area contributed by atoms with Crippen molar-refractivity contribution in [2.45, 2.75) is 45.2 Å². The van der Waals surface area contributed by atoms with Crippen LogP contribution in [-0.4, -0.2) is 53.4 Å². The average Bonchev–Trinajstić information content (AvgIpc) is 2.96. The van der Waals surface area contributed by atoms with Crippen LogP contribution in [0.15, 0.2) is 17.3 Å². The molecule has 2 rings (SSSR count). The van der Waals surface area contributed by atoms with Gasteiger partial charge < -0.3 is 10.6 Å². The molecular formula is C16H31IN6. The number of hydrogen-bond donors (Lipinski definition) is 2. The molecule has 7 heteroatoms. The van der Waals surface area contributed by atoms with Crippen LogP contribution in [0, 0.1) is 0 Å². The lowest BCUT2D eigenvalue weighted by molar-refractivity contribution is 0.147. The molecule has 0 radical (unpaired) electrons. The van der Waals surface area contributed by atoms with Gasteiger partial charge in [0.25, 0.3) is 0 Å². The average molecular weight is 434 g/mol. The van der Waals surface area contributed by atoms with Gasteiger partial charge in [0.2, 0.25) is 0 Å². The Labute approximate surface area is 157 Å². The van der Waals surface area contributed by atoms with Crippen LogP contribution >= 0.6 is 24.0 Å². The van der Waals surface area contributed by atoms with E-state index in [4.69, 9.17) is 0 Å². The number of guanidine groups is 1. The zero-order valence-electron chi connectivity index (χ0n) is 14.6. The number of aliphatic imine (C=N–C) groups is 1. The highest BCUT2D eigenvalue weighted by Gasteiger charge is 2.19. The minimum Gasteiger partial charge on any atom is -0.355 e. The normalized spacial score (nSPS) is 19.3. The number of hydrogen-bond acceptors (Lipinski definition) is 3. The number of piperidine rings is 1. The second-order valence-corrected chi connectivity index (χ2v) is 5.89. The second-order valence-electron chi connectivity index (χ2n) is 5.89. The number of likely N-dealkylation sites (tertiary alicyclic amines) is 1. The van der Waals surface area contributed by atoms with Crippen molar-refractivity contribution in [3.8, 4) is 0 Å². The van der Waals surface area contributed by atoms with Gasteiger partial charge in [-0.3, -0.25) is 14.6 Å². The Morgan fingerprint density at radius 3 is 2.87 bits per heavy atom. The van der Waals surface area contributed by atoms with E-state index < -0.39 is 0 Å². The summed E-state index contributed by atoms with van der Waals surface area (Å²) in [4.78, 5) is 6.90. The van der Waals surface area contributed by atoms with Crippen LogP contribution in [0.25, 0.3) is 0 Å². The first kappa shape index (κ1) is 20.2. The quantitative estimate of drug-likeness (QED) is 0.409. The zero-order valence-corrected chi connectivity index (χ0v) is 16.9. The molecule has 1 saturated heterocycles. The van der Waals surface area contributed by atoms with Gasteiger partial charge in [-0.2, -0.15) is 5.10 Å². The summed E-state index contributed by atoms with van der Waals surface area (Å²) < 4.78 is 1.87. The molecule has 0 amide bonds. The van der Waals surface area contributed by atoms with Crippen molar-refractivity contribution in [3.05, 3.63) is 18.0 Å². The summed E-state index contributed by atoms with van der Waals surface area (Å²) in [6.07, 6.45) is 7.15. The molecule has 2 heterocycles. The van der Waals surface area contributed by atoms with Gasteiger partial charge in [-0.15, -0.1) is 24.0 Å². The first-order valence-corrected chi connectivity index (χ1v) is 8.40. The third kappa shape index (κ3) is 6.29. The third-order valence-electron chi connectivity index (χ3n) is 4.49. The first-order valence-electron chi connectivity index (χ1n) is 8.40. The summed E-state index contributed by atoms with van der Waals surface area (Å²) in [5, 5.41) is 10.9. The second kappa shape index (κ2) is 10.9. The molecule has 0 aromatic carbocycles. The molecule has 1 aliphatic heterocycles. The van der Waals surface area contributed by atoms with E-state index >= 15 is 0 Å². The lowest BCUT2D eigenvalue weighted by Crippen LogP contribution is -2.45. The van der Waals surface area contributed by atoms with Gasteiger partial charge in [-0.05, 0) is 31.9 Å². The highest BCUT2D eigenvalue weighted by Crippen LogP contribution is 2.18. The van der Waals surface area contributed by atoms with Crippen molar-refractivity contribution in [2.24, 2.45) is 12.0 Å². The molecule has 1 aromatic heterocycles. The summed E-state index contributed by atoms with van der Waals surface area (Å²) >= 11 is 0. The molecule has 1 aromatic rings. The molecule has 0 saturated carbocycles. The van der Waals surface area contributed by atoms with Crippen LogP contribution in [0.1, 0.15) is 38.3 Å². The molecule has 1 aliphatic rings. The van der Waals surface area contributed by atoms with Crippen molar-refractivity contribution in [1.82, 2.24) is 25.3 Å². The van der Waals surface area contributed by atoms with E-state index in [2.05, 4.69) is 32.5 Å². The Morgan fingerprint density at radius 2 is 2.22 bits per heavy atom. The van der Waals surface area contributed by atoms with Crippen LogP contribution < -0.4 is 10.6 Å². The van der Waals surface area contributed by atoms with Gasteiger partial charge in [0.15, 0.2) is 5.96 Å². The van der Waals surface area contributed by atoms with Gasteiger partial charge in [0.05, 0.1) is 12.2 Å². The lowest BCUT2D eigenvalue weighted by Gasteiger charge is -2.35. The van der Waals surface area contributed by atoms with Crippen LogP contribution in [0.3, 0.4) is 0 Å². The highest BCUT2D eigenvalue weighted by molar-refractivity contribution is 14.0. The Morgan fingerprint density at radius 1 is 1.39 bits per heavy atom. The molecular weight excluding hydrogens is 403 g/mol. The zero-order chi connectivity index (χ0) is 15.8. The summed E-state index contributed by atoms with van der Waals surface area (Å²) in [6, 6.07) is 2.78. The molecule has 1 atom stereocenters. The fourth-order valence-corrected chi connectivity index (χ4v) is 3.10. The van der Waals surface area contributed by atoms with E-state index in [1.807, 2.05) is 31.0 Å². The van der Waals surface area contributed by atoms with E-state index in [-0.39, 0.29) is 24.0 Å². The van der Waals surface area contributed by atoms with Crippen LogP contribution in [0.5, 0.6) is 0 Å². The lowest BCUT2D eigenvalue weighted by atomic mass is 10.0. The summed E-state index contributed by atoms with van der Waals surface area (Å²) in [5.41, 5.74) is 1.14. The molecule has 2 N–H and O–H groups in total. The largest absolute Gasteiger partial charge is 0.355 e. The minimum atomic E-state index is 0. The summed E-state index contributed by atoms with van der Waals surface area (Å²) in [5.74, 6) is 0.853. The Balaban J connectivity index is 0.00000264. The number of nitrogens with zero attached hydrogens (tertiary/aromatic N) is 4. The maximum atomic E-state index is 4.29. The van der Waals surface area contributed by atoms with Crippen molar-refractivity contribution in [1.29, 1.82) is 0 Å². The van der Waals surface area contributed by atoms with Gasteiger partial charge >= 0.3 is 0 Å². The third-order valence-corrected chi connectivity index (χ3v) is 4.49. The number of aryl methyl sites for hydroxylation is 1. The smallest absolute Gasteiger partial charge is 0.191 e. The first-order chi connectivity index (χ1) is 10.7. The van der Waals surface area contributed by atoms with Crippen molar-refractivity contribution in [2.75, 3.05) is 26.7 Å². The minimum absolute atomic E-state index is 0. The van der Waals surface area contributed by atoms with E-state index in [1.165, 1.54) is 32.2 Å². The van der Waals surface area contributed by atoms with E-state index in [0.29, 0.717) is 0 Å². The van der Waals surface area contributed by atoms with Gasteiger partial charge in [-0.1, -0.05) is 13.3 Å². The molecule has 1 fully saturated rings. The number of rotatable bonds is 6. The predicted octanol–water partition coefficient (Wildman–Crippen LogP) is 1.97. The van der Waals surface area contributed by atoms with Crippen molar-refractivity contribution >= 4 is 29.9 Å². The fourth-order valence-electron chi connectivity index (χ4n) is 3.10. The van der Waals surface area contributed by atoms with Crippen LogP contribution in [0.4, 0.5) is 0 Å². The number of aromatic nitrogens is 2. The summed E-state index contributed by atoms with van der Waals surface area (Å²) in [6.45, 7) is 6.29. The molecule has 6 nitrogen and oxygen atoms in total. The SMILES string of the molecule is CCC1CCCCN1CCNC(=NC)NCc1ccnn1C.I. The molecule has 0 aliphatic carbocycles. The maximum Gasteiger partial charge on any atom is 0.191 e. The fraction of sp³-hybridized carbons (Fsp3) is 0.750. The highest BCUT2D eigenvalue weighted by atomic mass is 127. The van der Waals surface area contributed by atoms with E-state index in [1.54, 1.807) is 0 Å². The van der Waals surface area contributed by atoms with Crippen molar-refractivity contribution in [3.63, 3.8) is 0 Å². The van der Waals surface area contributed by atoms with E-state index in [0.717, 1.165) is 37.3 Å². The molecule has 23 heavy (non-hydrogen) atoms. The Kier molecular flexibility index (Phi) is 9.54. The number of nitrogens with one attached hydrogen (secondary N) is 2. The van der Waals surface area contributed by atoms with Crippen LogP contribution in [-0.2, 0) is 13.6 Å². The number of halogens is 1. The van der Waals surface area contributed by atoms with Gasteiger partial charge in [0, 0.05) is 39.4 Å². The van der Waals surface area contributed by atoms with Crippen LogP contribution in [0.2, 0.25) is 0 Å². The van der Waals surface area contributed by atoms with E-state index in [9.17, 15) is 0 Å². The summed E-state index contributed by atoms with van der Waals surface area (Å²) in [7, 11) is 3.77. The Hall–Kier alpha value is -0.830. The monoisotopic (exact) mass is 434 g/mol. The molecule has 1 unspecified atom stereocenters. The molecule has 0 spiro atoms. The topological polar surface area (TPSA) is 57.5 Å². The maximum absolute atomic E-state index is 4.29. The van der Waals surface area contributed by atoms with Gasteiger partial charge in [0.1, 0.15) is 0 Å². The molecule has 0 bridgehead atoms. The van der Waals surface area contributed by atoms with Gasteiger partial charge in [-0.25, -0.2) is 0 Å². The standard InChI is InChI=1S/C16H30N6.HI/c1-4-14-7-5-6-11-22(14)12-10-18-16(17-2)19-13-15-8-9-20-21(15)3;/h8-9,14H,4-7,10-13H2,1-3H3,(H2,17,18,19);1H.